The summed E-state index contributed by atoms with van der Waals surface area (Å²) in [6.07, 6.45) is 4.55. The lowest BCUT2D eigenvalue weighted by Crippen LogP contribution is -2.56. The number of aromatic nitrogens is 2. The minimum Gasteiger partial charge on any atom is -0.543 e. The van der Waals surface area contributed by atoms with Gasteiger partial charge in [0.2, 0.25) is 8.32 Å². The van der Waals surface area contributed by atoms with Crippen LogP contribution in [0.15, 0.2) is 41.6 Å². The molecule has 3 aromatic rings. The zero-order valence-electron chi connectivity index (χ0n) is 28.9. The van der Waals surface area contributed by atoms with Gasteiger partial charge in [0, 0.05) is 25.2 Å². The van der Waals surface area contributed by atoms with Gasteiger partial charge in [0.15, 0.2) is 5.16 Å². The lowest BCUT2D eigenvalue weighted by atomic mass is 9.80. The quantitative estimate of drug-likeness (QED) is 0.148. The number of rotatable bonds is 6. The minimum atomic E-state index is -2.02. The van der Waals surface area contributed by atoms with Gasteiger partial charge in [-0.15, -0.1) is 0 Å². The van der Waals surface area contributed by atoms with Gasteiger partial charge >= 0.3 is 6.09 Å². The Morgan fingerprint density at radius 1 is 1.11 bits per heavy atom. The summed E-state index contributed by atoms with van der Waals surface area (Å²) in [6.45, 7) is 18.7. The number of ether oxygens (including phenoxy) is 1. The fourth-order valence-electron chi connectivity index (χ4n) is 6.24. The molecule has 0 N–H and O–H groups in total. The second-order valence-electron chi connectivity index (χ2n) is 15.1. The summed E-state index contributed by atoms with van der Waals surface area (Å²) < 4.78 is 12.5. The average molecular weight is 660 g/mol. The van der Waals surface area contributed by atoms with Crippen molar-refractivity contribution in [3.05, 3.63) is 53.2 Å². The van der Waals surface area contributed by atoms with Crippen molar-refractivity contribution >= 4 is 42.8 Å². The van der Waals surface area contributed by atoms with Crippen molar-refractivity contribution < 1.29 is 14.0 Å². The van der Waals surface area contributed by atoms with E-state index < -0.39 is 13.9 Å². The number of thioether (sulfide) groups is 1. The first kappa shape index (κ1) is 34.1. The highest BCUT2D eigenvalue weighted by atomic mass is 32.2. The van der Waals surface area contributed by atoms with E-state index in [0.29, 0.717) is 25.6 Å². The van der Waals surface area contributed by atoms with Gasteiger partial charge < -0.3 is 19.0 Å². The van der Waals surface area contributed by atoms with Crippen molar-refractivity contribution in [3.8, 4) is 11.8 Å². The van der Waals surface area contributed by atoms with E-state index in [0.717, 1.165) is 41.7 Å². The van der Waals surface area contributed by atoms with Gasteiger partial charge in [-0.25, -0.2) is 14.8 Å². The number of carbonyl (C=O) groups is 1. The van der Waals surface area contributed by atoms with Gasteiger partial charge in [-0.05, 0) is 98.8 Å². The molecular weight excluding hydrogens is 611 g/mol. The van der Waals surface area contributed by atoms with E-state index in [1.54, 1.807) is 16.7 Å². The van der Waals surface area contributed by atoms with E-state index in [-0.39, 0.29) is 23.6 Å². The van der Waals surface area contributed by atoms with Crippen molar-refractivity contribution in [2.24, 2.45) is 0 Å². The minimum absolute atomic E-state index is 0.106. The zero-order chi connectivity index (χ0) is 33.4. The number of nitrogens with zero attached hydrogens (tertiary/aromatic N) is 5. The van der Waals surface area contributed by atoms with Gasteiger partial charge in [-0.1, -0.05) is 56.8 Å². The molecule has 1 amide bonds. The Bertz CT molecular complexity index is 1640. The van der Waals surface area contributed by atoms with Crippen LogP contribution in [-0.2, 0) is 17.6 Å². The summed E-state index contributed by atoms with van der Waals surface area (Å²) in [4.78, 5) is 27.1. The molecule has 0 saturated carbocycles. The Labute approximate surface area is 280 Å². The number of piperazine rings is 1. The van der Waals surface area contributed by atoms with Crippen LogP contribution in [-0.4, -0.2) is 66.8 Å². The molecule has 2 unspecified atom stereocenters. The molecule has 8 nitrogen and oxygen atoms in total. The van der Waals surface area contributed by atoms with E-state index in [9.17, 15) is 10.1 Å². The third-order valence-electron chi connectivity index (χ3n) is 9.64. The molecule has 0 bridgehead atoms. The maximum atomic E-state index is 13.0. The summed E-state index contributed by atoms with van der Waals surface area (Å²) in [6, 6.07) is 15.2. The number of anilines is 1. The van der Waals surface area contributed by atoms with Crippen LogP contribution in [0.1, 0.15) is 77.1 Å². The first-order valence-electron chi connectivity index (χ1n) is 16.4. The van der Waals surface area contributed by atoms with Gasteiger partial charge in [0.1, 0.15) is 17.2 Å². The molecule has 2 heterocycles. The van der Waals surface area contributed by atoms with Crippen LogP contribution in [0.5, 0.6) is 5.75 Å². The number of nitriles is 1. The summed E-state index contributed by atoms with van der Waals surface area (Å²) in [5, 5.41) is 13.0. The highest BCUT2D eigenvalue weighted by Crippen LogP contribution is 2.43. The number of carbonyl (C=O) groups excluding carboxylic acids is 1. The van der Waals surface area contributed by atoms with Gasteiger partial charge in [-0.3, -0.25) is 0 Å². The Balaban J connectivity index is 1.46. The van der Waals surface area contributed by atoms with Crippen molar-refractivity contribution in [1.82, 2.24) is 14.9 Å². The van der Waals surface area contributed by atoms with Crippen molar-refractivity contribution in [1.29, 1.82) is 5.26 Å². The Morgan fingerprint density at radius 3 is 2.52 bits per heavy atom. The molecule has 1 fully saturated rings. The summed E-state index contributed by atoms with van der Waals surface area (Å²) in [5.74, 6) is 2.21. The molecule has 2 atom stereocenters. The van der Waals surface area contributed by atoms with Crippen molar-refractivity contribution in [2.75, 3.05) is 30.8 Å². The Hall–Kier alpha value is -3.29. The average Bonchev–Trinajstić information content (AvgIpc) is 2.98. The standard InChI is InChI=1S/C36H49N5O3SSi/c1-35(2,3)43-34(42)41-19-18-40(23-26(41)16-17-37)32-29-15-14-25(21-31(29)38-33(39-32)45-7)30-22-27(44-46(8,9)36(4,5)6)20-24-12-10-11-13-28(24)30/h10-13,20,22,25-26H,14-16,18-19,21,23H2,1-9H3. The molecule has 1 aliphatic heterocycles. The summed E-state index contributed by atoms with van der Waals surface area (Å²) in [5.41, 5.74) is 3.01. The van der Waals surface area contributed by atoms with E-state index in [1.807, 2.05) is 27.0 Å². The smallest absolute Gasteiger partial charge is 0.410 e. The molecule has 1 aromatic heterocycles. The number of benzene rings is 2. The van der Waals surface area contributed by atoms with Gasteiger partial charge in [-0.2, -0.15) is 5.26 Å². The Kier molecular flexibility index (Phi) is 9.68. The SMILES string of the molecule is CSc1nc2c(c(N3CCN(C(=O)OC(C)(C)C)C(CC#N)C3)n1)CCC(c1cc(O[Si](C)(C)C(C)(C)C)cc3ccccc13)C2. The largest absolute Gasteiger partial charge is 0.543 e. The second kappa shape index (κ2) is 13.1. The third kappa shape index (κ3) is 7.31. The second-order valence-corrected chi connectivity index (χ2v) is 20.6. The summed E-state index contributed by atoms with van der Waals surface area (Å²) >= 11 is 1.55. The first-order chi connectivity index (χ1) is 21.6. The van der Waals surface area contributed by atoms with Crippen LogP contribution >= 0.6 is 11.8 Å². The molecule has 1 aliphatic carbocycles. The molecule has 0 spiro atoms. The van der Waals surface area contributed by atoms with E-state index in [4.69, 9.17) is 19.1 Å². The van der Waals surface area contributed by atoms with Crippen LogP contribution in [0.3, 0.4) is 0 Å². The van der Waals surface area contributed by atoms with Crippen LogP contribution in [0.4, 0.5) is 10.6 Å². The zero-order valence-corrected chi connectivity index (χ0v) is 30.8. The van der Waals surface area contributed by atoms with Gasteiger partial charge in [0.05, 0.1) is 24.2 Å². The van der Waals surface area contributed by atoms with E-state index >= 15 is 0 Å². The molecule has 1 saturated heterocycles. The highest BCUT2D eigenvalue weighted by Gasteiger charge is 2.40. The maximum Gasteiger partial charge on any atom is 0.410 e. The molecule has 0 radical (unpaired) electrons. The predicted octanol–water partition coefficient (Wildman–Crippen LogP) is 8.35. The molecule has 2 aromatic carbocycles. The third-order valence-corrected chi connectivity index (χ3v) is 14.5. The lowest BCUT2D eigenvalue weighted by Gasteiger charge is -2.42. The number of amides is 1. The Morgan fingerprint density at radius 2 is 1.85 bits per heavy atom. The molecule has 5 rings (SSSR count). The van der Waals surface area contributed by atoms with Crippen LogP contribution in [0.25, 0.3) is 10.8 Å². The molecule has 2 aliphatic rings. The molecule has 10 heteroatoms. The van der Waals surface area contributed by atoms with Crippen LogP contribution < -0.4 is 9.33 Å². The fourth-order valence-corrected chi connectivity index (χ4v) is 7.63. The van der Waals surface area contributed by atoms with Gasteiger partial charge in [0.25, 0.3) is 0 Å². The monoisotopic (exact) mass is 659 g/mol. The molecule has 246 valence electrons. The van der Waals surface area contributed by atoms with Crippen LogP contribution in [0.2, 0.25) is 18.1 Å². The van der Waals surface area contributed by atoms with Crippen molar-refractivity contribution in [3.63, 3.8) is 0 Å². The summed E-state index contributed by atoms with van der Waals surface area (Å²) in [7, 11) is -2.02. The predicted molar refractivity (Wildman–Crippen MR) is 190 cm³/mol. The topological polar surface area (TPSA) is 91.6 Å². The van der Waals surface area contributed by atoms with E-state index in [1.165, 1.54) is 21.9 Å². The van der Waals surface area contributed by atoms with Crippen molar-refractivity contribution in [2.45, 2.75) is 108 Å². The number of fused-ring (bicyclic) bond motifs is 2. The van der Waals surface area contributed by atoms with E-state index in [2.05, 4.69) is 81.2 Å². The number of hydrogen-bond acceptors (Lipinski definition) is 8. The molecule has 46 heavy (non-hydrogen) atoms. The normalized spacial score (nSPS) is 19.0. The van der Waals surface area contributed by atoms with Crippen LogP contribution in [0, 0.1) is 11.3 Å². The fraction of sp³-hybridized carbons (Fsp3) is 0.556. The molecular formula is C36H49N5O3SSi. The maximum absolute atomic E-state index is 13.0. The highest BCUT2D eigenvalue weighted by molar-refractivity contribution is 7.98. The number of hydrogen-bond donors (Lipinski definition) is 0. The lowest BCUT2D eigenvalue weighted by molar-refractivity contribution is 0.0144. The first-order valence-corrected chi connectivity index (χ1v) is 20.5.